The number of hydrogen-bond donors (Lipinski definition) is 5. The first-order chi connectivity index (χ1) is 17.7. The highest BCUT2D eigenvalue weighted by atomic mass is 32.2. The molecule has 0 saturated carbocycles. The van der Waals surface area contributed by atoms with Gasteiger partial charge in [-0.1, -0.05) is 36.4 Å². The van der Waals surface area contributed by atoms with Gasteiger partial charge < -0.3 is 25.4 Å². The quantitative estimate of drug-likeness (QED) is 0.189. The third-order valence-electron chi connectivity index (χ3n) is 5.72. The molecule has 37 heavy (non-hydrogen) atoms. The number of rotatable bonds is 11. The van der Waals surface area contributed by atoms with Gasteiger partial charge in [0.05, 0.1) is 30.2 Å². The van der Waals surface area contributed by atoms with E-state index in [9.17, 15) is 23.7 Å². The Morgan fingerprint density at radius 3 is 2.49 bits per heavy atom. The van der Waals surface area contributed by atoms with Crippen molar-refractivity contribution in [2.75, 3.05) is 24.1 Å². The van der Waals surface area contributed by atoms with Gasteiger partial charge in [-0.15, -0.1) is 0 Å². The van der Waals surface area contributed by atoms with Gasteiger partial charge >= 0.3 is 0 Å². The number of fused-ring (bicyclic) bond motifs is 1. The second kappa shape index (κ2) is 11.6. The zero-order valence-electron chi connectivity index (χ0n) is 20.2. The van der Waals surface area contributed by atoms with Crippen LogP contribution in [-0.4, -0.2) is 54.2 Å². The Morgan fingerprint density at radius 1 is 1.00 bits per heavy atom. The van der Waals surface area contributed by atoms with Crippen LogP contribution in [0.25, 0.3) is 10.9 Å². The number of nitrogens with one attached hydrogen (secondary N) is 2. The summed E-state index contributed by atoms with van der Waals surface area (Å²) >= 11 is 0. The van der Waals surface area contributed by atoms with Crippen LogP contribution in [0.1, 0.15) is 17.2 Å². The minimum atomic E-state index is -3.59. The molecule has 2 atom stereocenters. The Morgan fingerprint density at radius 2 is 1.76 bits per heavy atom. The van der Waals surface area contributed by atoms with E-state index in [0.717, 1.165) is 22.7 Å². The number of hydrogen-bond acceptors (Lipinski definition) is 8. The summed E-state index contributed by atoms with van der Waals surface area (Å²) in [7, 11) is -3.59. The Balaban J connectivity index is 1.33. The molecule has 0 aliphatic carbocycles. The molecule has 3 aromatic carbocycles. The number of sulfonamides is 1. The van der Waals surface area contributed by atoms with Crippen LogP contribution >= 0.6 is 0 Å². The second-order valence-corrected chi connectivity index (χ2v) is 10.5. The summed E-state index contributed by atoms with van der Waals surface area (Å²) < 4.78 is 31.1. The molecule has 1 unspecified atom stereocenters. The summed E-state index contributed by atoms with van der Waals surface area (Å²) in [5.74, 6) is 0.896. The Labute approximate surface area is 215 Å². The third-order valence-corrected chi connectivity index (χ3v) is 6.31. The zero-order chi connectivity index (χ0) is 26.4. The number of phenolic OH excluding ortho intramolecular Hbond substituents is 1. The van der Waals surface area contributed by atoms with Gasteiger partial charge in [0.15, 0.2) is 0 Å². The summed E-state index contributed by atoms with van der Waals surface area (Å²) in [4.78, 5) is 4.51. The lowest BCUT2D eigenvalue weighted by Gasteiger charge is -2.20. The number of pyridine rings is 1. The summed E-state index contributed by atoms with van der Waals surface area (Å²) in [6, 6.07) is 22.9. The molecular weight excluding hydrogens is 494 g/mol. The van der Waals surface area contributed by atoms with Crippen molar-refractivity contribution < 1.29 is 28.5 Å². The van der Waals surface area contributed by atoms with Crippen molar-refractivity contribution >= 4 is 26.6 Å². The number of para-hydroxylation sites is 1. The molecule has 9 nitrogen and oxygen atoms in total. The van der Waals surface area contributed by atoms with E-state index in [1.807, 2.05) is 60.7 Å². The van der Waals surface area contributed by atoms with E-state index < -0.39 is 16.1 Å². The Kier molecular flexibility index (Phi) is 8.24. The number of aliphatic hydroxyl groups is 2. The molecule has 4 rings (SSSR count). The highest BCUT2D eigenvalue weighted by Gasteiger charge is 2.15. The average Bonchev–Trinajstić information content (AvgIpc) is 2.87. The first kappa shape index (κ1) is 26.4. The molecule has 0 aliphatic rings. The number of anilines is 1. The van der Waals surface area contributed by atoms with Crippen LogP contribution in [0.4, 0.5) is 5.69 Å². The fourth-order valence-electron chi connectivity index (χ4n) is 3.84. The van der Waals surface area contributed by atoms with Crippen LogP contribution in [0.5, 0.6) is 17.4 Å². The predicted molar refractivity (Wildman–Crippen MR) is 142 cm³/mol. The summed E-state index contributed by atoms with van der Waals surface area (Å²) in [5, 5.41) is 34.4. The SMILES string of the molecule is CS(=O)(=O)Nc1cc(C(O)CN[C@H](CO)Cc2ccc(Oc3ccc4ccccc4n3)cc2)ccc1O. The molecule has 4 aromatic rings. The first-order valence-corrected chi connectivity index (χ1v) is 13.5. The highest BCUT2D eigenvalue weighted by Crippen LogP contribution is 2.28. The lowest BCUT2D eigenvalue weighted by atomic mass is 10.0. The van der Waals surface area contributed by atoms with Gasteiger partial charge in [-0.25, -0.2) is 13.4 Å². The van der Waals surface area contributed by atoms with Gasteiger partial charge in [0, 0.05) is 24.0 Å². The highest BCUT2D eigenvalue weighted by molar-refractivity contribution is 7.92. The minimum Gasteiger partial charge on any atom is -0.506 e. The van der Waals surface area contributed by atoms with E-state index in [1.165, 1.54) is 18.2 Å². The first-order valence-electron chi connectivity index (χ1n) is 11.7. The van der Waals surface area contributed by atoms with Crippen LogP contribution in [0.2, 0.25) is 0 Å². The topological polar surface area (TPSA) is 141 Å². The third kappa shape index (κ3) is 7.40. The number of aromatic hydroxyl groups is 1. The number of benzene rings is 3. The van der Waals surface area contributed by atoms with Crippen LogP contribution in [-0.2, 0) is 16.4 Å². The van der Waals surface area contributed by atoms with Crippen molar-refractivity contribution in [1.29, 1.82) is 0 Å². The molecular formula is C27H29N3O6S. The van der Waals surface area contributed by atoms with E-state index in [4.69, 9.17) is 4.74 Å². The van der Waals surface area contributed by atoms with Gasteiger partial charge in [0.2, 0.25) is 15.9 Å². The lowest BCUT2D eigenvalue weighted by molar-refractivity contribution is 0.158. The van der Waals surface area contributed by atoms with Crippen LogP contribution in [0.3, 0.4) is 0 Å². The summed E-state index contributed by atoms with van der Waals surface area (Å²) in [5.41, 5.74) is 2.21. The standard InChI is InChI=1S/C27H29N3O6S/c1-37(34,35)30-24-15-20(8-12-25(24)32)26(33)16-28-21(17-31)14-18-6-10-22(11-7-18)36-27-13-9-19-4-2-3-5-23(19)29-27/h2-13,15,21,26,28,30-33H,14,16-17H2,1H3/t21-,26?/m0/s1. The molecule has 5 N–H and O–H groups in total. The van der Waals surface area contributed by atoms with Crippen molar-refractivity contribution in [1.82, 2.24) is 10.3 Å². The molecule has 0 saturated heterocycles. The number of nitrogens with zero attached hydrogens (tertiary/aromatic N) is 1. The van der Waals surface area contributed by atoms with Crippen LogP contribution in [0, 0.1) is 0 Å². The summed E-state index contributed by atoms with van der Waals surface area (Å²) in [6.07, 6.45) is 0.496. The lowest BCUT2D eigenvalue weighted by Crippen LogP contribution is -2.37. The molecule has 194 valence electrons. The van der Waals surface area contributed by atoms with Crippen molar-refractivity contribution in [3.63, 3.8) is 0 Å². The maximum absolute atomic E-state index is 11.5. The molecule has 0 fully saturated rings. The number of aromatic nitrogens is 1. The van der Waals surface area contributed by atoms with E-state index in [0.29, 0.717) is 23.6 Å². The molecule has 0 bridgehead atoms. The van der Waals surface area contributed by atoms with E-state index in [-0.39, 0.29) is 30.6 Å². The van der Waals surface area contributed by atoms with E-state index in [2.05, 4.69) is 15.0 Å². The van der Waals surface area contributed by atoms with Gasteiger partial charge in [-0.2, -0.15) is 0 Å². The molecule has 10 heteroatoms. The molecule has 1 aromatic heterocycles. The van der Waals surface area contributed by atoms with E-state index in [1.54, 1.807) is 0 Å². The maximum atomic E-state index is 11.5. The molecule has 0 radical (unpaired) electrons. The average molecular weight is 524 g/mol. The van der Waals surface area contributed by atoms with Gasteiger partial charge in [-0.3, -0.25) is 4.72 Å². The fourth-order valence-corrected chi connectivity index (χ4v) is 4.41. The molecule has 0 aliphatic heterocycles. The largest absolute Gasteiger partial charge is 0.506 e. The van der Waals surface area contributed by atoms with Crippen molar-refractivity contribution in [3.05, 3.63) is 90.0 Å². The van der Waals surface area contributed by atoms with Crippen molar-refractivity contribution in [3.8, 4) is 17.4 Å². The zero-order valence-corrected chi connectivity index (χ0v) is 21.0. The van der Waals surface area contributed by atoms with Crippen molar-refractivity contribution in [2.24, 2.45) is 0 Å². The van der Waals surface area contributed by atoms with Crippen LogP contribution in [0.15, 0.2) is 78.9 Å². The normalized spacial score (nSPS) is 13.3. The number of ether oxygens (including phenoxy) is 1. The van der Waals surface area contributed by atoms with E-state index >= 15 is 0 Å². The maximum Gasteiger partial charge on any atom is 0.229 e. The second-order valence-electron chi connectivity index (χ2n) is 8.75. The van der Waals surface area contributed by atoms with Gasteiger partial charge in [0.25, 0.3) is 0 Å². The molecule has 1 heterocycles. The van der Waals surface area contributed by atoms with Crippen molar-refractivity contribution in [2.45, 2.75) is 18.6 Å². The van der Waals surface area contributed by atoms with Gasteiger partial charge in [-0.05, 0) is 53.9 Å². The van der Waals surface area contributed by atoms with Crippen LogP contribution < -0.4 is 14.8 Å². The fraction of sp³-hybridized carbons (Fsp3) is 0.222. The predicted octanol–water partition coefficient (Wildman–Crippen LogP) is 3.33. The Hall–Kier alpha value is -3.70. The monoisotopic (exact) mass is 523 g/mol. The number of phenols is 1. The Bertz CT molecular complexity index is 1460. The molecule has 0 amide bonds. The molecule has 0 spiro atoms. The smallest absolute Gasteiger partial charge is 0.229 e. The number of aliphatic hydroxyl groups excluding tert-OH is 2. The van der Waals surface area contributed by atoms with Gasteiger partial charge in [0.1, 0.15) is 11.5 Å². The minimum absolute atomic E-state index is 0.0149. The summed E-state index contributed by atoms with van der Waals surface area (Å²) in [6.45, 7) is -0.0361.